The summed E-state index contributed by atoms with van der Waals surface area (Å²) in [5, 5.41) is 11.4. The minimum atomic E-state index is -3.18. The summed E-state index contributed by atoms with van der Waals surface area (Å²) in [4.78, 5) is 0. The van der Waals surface area contributed by atoms with E-state index in [1.54, 1.807) is 6.08 Å². The van der Waals surface area contributed by atoms with Crippen molar-refractivity contribution in [3.63, 3.8) is 0 Å². The lowest BCUT2D eigenvalue weighted by Gasteiger charge is -2.39. The number of benzene rings is 1. The summed E-state index contributed by atoms with van der Waals surface area (Å²) in [5.74, 6) is -0.993. The molecule has 0 aromatic heterocycles. The molecule has 0 amide bonds. The van der Waals surface area contributed by atoms with Gasteiger partial charge in [0, 0.05) is 25.2 Å². The first kappa shape index (κ1) is 23.7. The second-order valence-corrected chi connectivity index (χ2v) is 14.2. The van der Waals surface area contributed by atoms with Crippen LogP contribution in [0.25, 0.3) is 6.08 Å². The molecule has 4 nitrogen and oxygen atoms in total. The van der Waals surface area contributed by atoms with Gasteiger partial charge in [-0.1, -0.05) is 90.8 Å². The van der Waals surface area contributed by atoms with E-state index < -0.39 is 13.3 Å². The Balaban J connectivity index is 2.02. The monoisotopic (exact) mass is 432 g/mol. The summed E-state index contributed by atoms with van der Waals surface area (Å²) in [5.41, 5.74) is 1.04. The normalized spacial score (nSPS) is 26.8. The third-order valence-electron chi connectivity index (χ3n) is 6.07. The van der Waals surface area contributed by atoms with Crippen LogP contribution in [0.2, 0.25) is 0 Å². The van der Waals surface area contributed by atoms with E-state index >= 15 is 0 Å². The zero-order valence-electron chi connectivity index (χ0n) is 19.7. The average Bonchev–Trinajstić information content (AvgIpc) is 2.88. The maximum atomic E-state index is 14.9. The van der Waals surface area contributed by atoms with Crippen molar-refractivity contribution in [1.82, 2.24) is 9.34 Å². The van der Waals surface area contributed by atoms with Crippen LogP contribution in [0, 0.1) is 10.8 Å². The van der Waals surface area contributed by atoms with E-state index in [1.165, 1.54) is 12.8 Å². The maximum absolute atomic E-state index is 14.9. The molecule has 1 aromatic rings. The van der Waals surface area contributed by atoms with Gasteiger partial charge in [0.25, 0.3) is 0 Å². The fourth-order valence-electron chi connectivity index (χ4n) is 4.95. The molecule has 1 aromatic carbocycles. The van der Waals surface area contributed by atoms with Crippen LogP contribution in [-0.4, -0.2) is 45.5 Å². The number of nitrogens with zero attached hydrogens (tertiary/aromatic N) is 2. The predicted molar refractivity (Wildman–Crippen MR) is 127 cm³/mol. The van der Waals surface area contributed by atoms with Gasteiger partial charge in [-0.3, -0.25) is 4.57 Å². The highest BCUT2D eigenvalue weighted by atomic mass is 31.2. The molecule has 3 atom stereocenters. The molecule has 5 heteroatoms. The molecule has 1 saturated carbocycles. The lowest BCUT2D eigenvalue weighted by Crippen LogP contribution is -2.43. The molecule has 1 heterocycles. The van der Waals surface area contributed by atoms with Crippen LogP contribution in [0.3, 0.4) is 0 Å². The second-order valence-electron chi connectivity index (χ2n) is 11.5. The van der Waals surface area contributed by atoms with Crippen LogP contribution >= 0.6 is 7.44 Å². The standard InChI is InChI=1S/C25H41N2O2P/c1-24(2,3)18-26-21-14-10-11-15-22(21)27(19-25(4,5)6)30(26,29)23(28)17-16-20-12-8-7-9-13-20/h7-9,12-13,16-17,21-23,28H,10-11,14-15,18-19H2,1-6H3/b17-16+/t21-,22-,23+/m1/s1. The number of aliphatic hydroxyl groups is 1. The highest BCUT2D eigenvalue weighted by Gasteiger charge is 2.58. The molecule has 3 rings (SSSR count). The Kier molecular flexibility index (Phi) is 7.04. The molecule has 168 valence electrons. The topological polar surface area (TPSA) is 43.8 Å². The van der Waals surface area contributed by atoms with Crippen LogP contribution in [0.4, 0.5) is 0 Å². The van der Waals surface area contributed by atoms with Gasteiger partial charge in [-0.15, -0.1) is 0 Å². The second kappa shape index (κ2) is 8.90. The Morgan fingerprint density at radius 3 is 1.87 bits per heavy atom. The van der Waals surface area contributed by atoms with Gasteiger partial charge >= 0.3 is 0 Å². The number of fused-ring (bicyclic) bond motifs is 1. The van der Waals surface area contributed by atoms with E-state index in [4.69, 9.17) is 0 Å². The predicted octanol–water partition coefficient (Wildman–Crippen LogP) is 6.23. The van der Waals surface area contributed by atoms with Crippen LogP contribution in [-0.2, 0) is 4.57 Å². The number of rotatable bonds is 5. The molecular weight excluding hydrogens is 391 g/mol. The van der Waals surface area contributed by atoms with Gasteiger partial charge in [0.1, 0.15) is 0 Å². The van der Waals surface area contributed by atoms with Gasteiger partial charge < -0.3 is 5.11 Å². The summed E-state index contributed by atoms with van der Waals surface area (Å²) in [6, 6.07) is 10.5. The summed E-state index contributed by atoms with van der Waals surface area (Å²) < 4.78 is 19.3. The fourth-order valence-corrected chi connectivity index (χ4v) is 8.80. The first-order chi connectivity index (χ1) is 13.9. The molecule has 1 aliphatic carbocycles. The van der Waals surface area contributed by atoms with Gasteiger partial charge in [-0.2, -0.15) is 0 Å². The first-order valence-corrected chi connectivity index (χ1v) is 13.2. The first-order valence-electron chi connectivity index (χ1n) is 11.5. The highest BCUT2D eigenvalue weighted by molar-refractivity contribution is 7.60. The lowest BCUT2D eigenvalue weighted by molar-refractivity contribution is 0.159. The zero-order valence-corrected chi connectivity index (χ0v) is 20.6. The molecule has 2 fully saturated rings. The van der Waals surface area contributed by atoms with Gasteiger partial charge in [0.05, 0.1) is 0 Å². The molecule has 2 aliphatic rings. The summed E-state index contributed by atoms with van der Waals surface area (Å²) >= 11 is 0. The summed E-state index contributed by atoms with van der Waals surface area (Å²) in [6.45, 7) is 14.7. The summed E-state index contributed by atoms with van der Waals surface area (Å²) in [7, 11) is -3.18. The summed E-state index contributed by atoms with van der Waals surface area (Å²) in [6.07, 6.45) is 8.18. The number of hydrogen-bond acceptors (Lipinski definition) is 2. The smallest absolute Gasteiger partial charge is 0.248 e. The van der Waals surface area contributed by atoms with Crippen LogP contribution in [0.15, 0.2) is 36.4 Å². The number of hydrogen-bond donors (Lipinski definition) is 1. The zero-order chi connectivity index (χ0) is 22.2. The van der Waals surface area contributed by atoms with Gasteiger partial charge in [0.15, 0.2) is 5.85 Å². The van der Waals surface area contributed by atoms with Crippen molar-refractivity contribution >= 4 is 13.5 Å². The van der Waals surface area contributed by atoms with Crippen molar-refractivity contribution in [3.05, 3.63) is 42.0 Å². The molecular formula is C25H41N2O2P. The van der Waals surface area contributed by atoms with Gasteiger partial charge in [-0.05, 0) is 35.3 Å². The number of aliphatic hydroxyl groups excluding tert-OH is 1. The quantitative estimate of drug-likeness (QED) is 0.560. The van der Waals surface area contributed by atoms with Crippen molar-refractivity contribution in [2.75, 3.05) is 13.1 Å². The van der Waals surface area contributed by atoms with Crippen LogP contribution < -0.4 is 0 Å². The maximum Gasteiger partial charge on any atom is 0.248 e. The fraction of sp³-hybridized carbons (Fsp3) is 0.680. The minimum Gasteiger partial charge on any atom is -0.378 e. The molecule has 0 radical (unpaired) electrons. The Labute approximate surface area is 183 Å². The van der Waals surface area contributed by atoms with Crippen molar-refractivity contribution in [2.24, 2.45) is 10.8 Å². The van der Waals surface area contributed by atoms with Crippen LogP contribution in [0.5, 0.6) is 0 Å². The van der Waals surface area contributed by atoms with E-state index in [0.29, 0.717) is 0 Å². The highest BCUT2D eigenvalue weighted by Crippen LogP contribution is 2.67. The molecule has 1 N–H and O–H groups in total. The third-order valence-corrected chi connectivity index (χ3v) is 9.28. The Morgan fingerprint density at radius 2 is 1.43 bits per heavy atom. The van der Waals surface area contributed by atoms with Gasteiger partial charge in [-0.25, -0.2) is 9.34 Å². The Bertz CT molecular complexity index is 743. The van der Waals surface area contributed by atoms with Gasteiger partial charge in [0.2, 0.25) is 7.44 Å². The van der Waals surface area contributed by atoms with Crippen molar-refractivity contribution in [3.8, 4) is 0 Å². The molecule has 0 unspecified atom stereocenters. The van der Waals surface area contributed by atoms with Crippen LogP contribution in [0.1, 0.15) is 72.8 Å². The average molecular weight is 433 g/mol. The van der Waals surface area contributed by atoms with Crippen molar-refractivity contribution in [1.29, 1.82) is 0 Å². The minimum absolute atomic E-state index is 0.0122. The van der Waals surface area contributed by atoms with E-state index in [-0.39, 0.29) is 22.9 Å². The third kappa shape index (κ3) is 5.27. The van der Waals surface area contributed by atoms with Crippen molar-refractivity contribution < 1.29 is 9.67 Å². The molecule has 1 aliphatic heterocycles. The Morgan fingerprint density at radius 1 is 0.967 bits per heavy atom. The van der Waals surface area contributed by atoms with E-state index in [0.717, 1.165) is 31.5 Å². The Hall–Kier alpha value is -0.930. The largest absolute Gasteiger partial charge is 0.378 e. The molecule has 0 spiro atoms. The van der Waals surface area contributed by atoms with E-state index in [9.17, 15) is 9.67 Å². The van der Waals surface area contributed by atoms with E-state index in [1.807, 2.05) is 36.4 Å². The van der Waals surface area contributed by atoms with Crippen molar-refractivity contribution in [2.45, 2.75) is 85.2 Å². The lowest BCUT2D eigenvalue weighted by atomic mass is 9.87. The molecule has 0 bridgehead atoms. The SMILES string of the molecule is CC(C)(C)CN1[C@@H]2CCCC[C@H]2N(CC(C)(C)C)P1(=O)[C@H](O)/C=C/c1ccccc1. The molecule has 1 saturated heterocycles. The van der Waals surface area contributed by atoms with E-state index in [2.05, 4.69) is 50.9 Å². The molecule has 30 heavy (non-hydrogen) atoms.